The molecule has 1 fully saturated rings. The van der Waals surface area contributed by atoms with Gasteiger partial charge < -0.3 is 9.73 Å². The molecule has 0 radical (unpaired) electrons. The van der Waals surface area contributed by atoms with Crippen LogP contribution in [0.4, 0.5) is 0 Å². The van der Waals surface area contributed by atoms with E-state index in [0.717, 1.165) is 17.4 Å². The average molecular weight is 221 g/mol. The van der Waals surface area contributed by atoms with Crippen LogP contribution in [0.15, 0.2) is 16.5 Å². The predicted octanol–water partition coefficient (Wildman–Crippen LogP) is 3.82. The number of furan rings is 1. The highest BCUT2D eigenvalue weighted by Crippen LogP contribution is 2.29. The lowest BCUT2D eigenvalue weighted by molar-refractivity contribution is 0.324. The van der Waals surface area contributed by atoms with Crippen molar-refractivity contribution in [1.82, 2.24) is 5.32 Å². The van der Waals surface area contributed by atoms with Crippen LogP contribution in [0.2, 0.25) is 0 Å². The molecular formula is C14H23NO. The van der Waals surface area contributed by atoms with Crippen molar-refractivity contribution in [3.8, 4) is 0 Å². The number of hydrogen-bond acceptors (Lipinski definition) is 2. The summed E-state index contributed by atoms with van der Waals surface area (Å²) in [6, 6.07) is 5.04. The van der Waals surface area contributed by atoms with Crippen LogP contribution >= 0.6 is 0 Å². The van der Waals surface area contributed by atoms with Gasteiger partial charge in [-0.3, -0.25) is 0 Å². The maximum atomic E-state index is 5.65. The first-order valence-electron chi connectivity index (χ1n) is 6.49. The fourth-order valence-electron chi connectivity index (χ4n) is 2.76. The van der Waals surface area contributed by atoms with Gasteiger partial charge in [-0.1, -0.05) is 12.8 Å². The molecule has 1 unspecified atom stereocenters. The van der Waals surface area contributed by atoms with Gasteiger partial charge in [0.15, 0.2) is 0 Å². The molecule has 1 aromatic rings. The standard InChI is InChI=1S/C14H23NO/c1-10-8-9-14(16-10)12(3)15-11(2)13-6-4-5-7-13/h8-9,11-13,15H,4-7H2,1-3H3/t11-,12?/m1/s1. The van der Waals surface area contributed by atoms with Crippen LogP contribution in [0.5, 0.6) is 0 Å². The fourth-order valence-corrected chi connectivity index (χ4v) is 2.76. The molecule has 2 rings (SSSR count). The summed E-state index contributed by atoms with van der Waals surface area (Å²) in [4.78, 5) is 0. The Morgan fingerprint density at radius 3 is 2.50 bits per heavy atom. The van der Waals surface area contributed by atoms with Gasteiger partial charge in [-0.05, 0) is 51.7 Å². The fraction of sp³-hybridized carbons (Fsp3) is 0.714. The second kappa shape index (κ2) is 5.05. The van der Waals surface area contributed by atoms with Crippen molar-refractivity contribution < 1.29 is 4.42 Å². The zero-order chi connectivity index (χ0) is 11.5. The topological polar surface area (TPSA) is 25.2 Å². The summed E-state index contributed by atoms with van der Waals surface area (Å²) in [5.41, 5.74) is 0. The van der Waals surface area contributed by atoms with Gasteiger partial charge in [0.25, 0.3) is 0 Å². The summed E-state index contributed by atoms with van der Waals surface area (Å²) in [5, 5.41) is 3.66. The predicted molar refractivity (Wildman–Crippen MR) is 66.4 cm³/mol. The molecule has 0 amide bonds. The van der Waals surface area contributed by atoms with Gasteiger partial charge in [0.2, 0.25) is 0 Å². The Balaban J connectivity index is 1.88. The SMILES string of the molecule is Cc1ccc(C(C)N[C@H](C)C2CCCC2)o1. The van der Waals surface area contributed by atoms with E-state index >= 15 is 0 Å². The molecular weight excluding hydrogens is 198 g/mol. The number of rotatable bonds is 4. The largest absolute Gasteiger partial charge is 0.465 e. The summed E-state index contributed by atoms with van der Waals surface area (Å²) in [5.74, 6) is 2.91. The molecule has 0 aliphatic heterocycles. The molecule has 1 aromatic heterocycles. The van der Waals surface area contributed by atoms with E-state index in [1.165, 1.54) is 25.7 Å². The van der Waals surface area contributed by atoms with E-state index in [-0.39, 0.29) is 0 Å². The number of hydrogen-bond donors (Lipinski definition) is 1. The van der Waals surface area contributed by atoms with Gasteiger partial charge in [0.1, 0.15) is 11.5 Å². The molecule has 90 valence electrons. The maximum absolute atomic E-state index is 5.65. The Kier molecular flexibility index (Phi) is 3.70. The molecule has 2 heteroatoms. The van der Waals surface area contributed by atoms with Crippen LogP contribution in [0.25, 0.3) is 0 Å². The van der Waals surface area contributed by atoms with Gasteiger partial charge in [-0.2, -0.15) is 0 Å². The zero-order valence-corrected chi connectivity index (χ0v) is 10.6. The van der Waals surface area contributed by atoms with Crippen LogP contribution in [-0.4, -0.2) is 6.04 Å². The average Bonchev–Trinajstić information content (AvgIpc) is 2.87. The molecule has 0 spiro atoms. The van der Waals surface area contributed by atoms with Crippen molar-refractivity contribution in [3.63, 3.8) is 0 Å². The Labute approximate surface area is 98.4 Å². The first-order valence-corrected chi connectivity index (χ1v) is 6.49. The Bertz CT molecular complexity index is 325. The smallest absolute Gasteiger partial charge is 0.120 e. The third kappa shape index (κ3) is 2.67. The van der Waals surface area contributed by atoms with Crippen LogP contribution in [0.1, 0.15) is 57.1 Å². The van der Waals surface area contributed by atoms with E-state index in [4.69, 9.17) is 4.42 Å². The molecule has 2 atom stereocenters. The summed E-state index contributed by atoms with van der Waals surface area (Å²) in [7, 11) is 0. The maximum Gasteiger partial charge on any atom is 0.120 e. The molecule has 1 aliphatic rings. The summed E-state index contributed by atoms with van der Waals surface area (Å²) >= 11 is 0. The van der Waals surface area contributed by atoms with Gasteiger partial charge in [-0.25, -0.2) is 0 Å². The first kappa shape index (κ1) is 11.7. The van der Waals surface area contributed by atoms with Crippen molar-refractivity contribution >= 4 is 0 Å². The van der Waals surface area contributed by atoms with Crippen molar-refractivity contribution in [3.05, 3.63) is 23.7 Å². The van der Waals surface area contributed by atoms with E-state index in [9.17, 15) is 0 Å². The van der Waals surface area contributed by atoms with Gasteiger partial charge >= 0.3 is 0 Å². The van der Waals surface area contributed by atoms with Crippen molar-refractivity contribution in [2.45, 2.75) is 58.5 Å². The molecule has 1 saturated carbocycles. The van der Waals surface area contributed by atoms with Crippen molar-refractivity contribution in [1.29, 1.82) is 0 Å². The monoisotopic (exact) mass is 221 g/mol. The lowest BCUT2D eigenvalue weighted by atomic mass is 9.99. The molecule has 2 nitrogen and oxygen atoms in total. The Morgan fingerprint density at radius 2 is 1.94 bits per heavy atom. The highest BCUT2D eigenvalue weighted by atomic mass is 16.3. The van der Waals surface area contributed by atoms with E-state index in [1.807, 2.05) is 13.0 Å². The number of nitrogens with one attached hydrogen (secondary N) is 1. The van der Waals surface area contributed by atoms with Gasteiger partial charge in [0, 0.05) is 6.04 Å². The second-order valence-corrected chi connectivity index (χ2v) is 5.17. The zero-order valence-electron chi connectivity index (χ0n) is 10.6. The summed E-state index contributed by atoms with van der Waals surface area (Å²) < 4.78 is 5.65. The number of aryl methyl sites for hydroxylation is 1. The molecule has 1 N–H and O–H groups in total. The molecule has 0 bridgehead atoms. The molecule has 0 aromatic carbocycles. The van der Waals surface area contributed by atoms with Crippen molar-refractivity contribution in [2.24, 2.45) is 5.92 Å². The second-order valence-electron chi connectivity index (χ2n) is 5.17. The first-order chi connectivity index (χ1) is 7.66. The van der Waals surface area contributed by atoms with Crippen LogP contribution < -0.4 is 5.32 Å². The molecule has 0 saturated heterocycles. The van der Waals surface area contributed by atoms with E-state index in [1.54, 1.807) is 0 Å². The Hall–Kier alpha value is -0.760. The van der Waals surface area contributed by atoms with E-state index in [0.29, 0.717) is 12.1 Å². The highest BCUT2D eigenvalue weighted by molar-refractivity contribution is 5.09. The third-order valence-electron chi connectivity index (χ3n) is 3.81. The molecule has 1 aliphatic carbocycles. The lowest BCUT2D eigenvalue weighted by Gasteiger charge is -2.23. The quantitative estimate of drug-likeness (QED) is 0.836. The normalized spacial score (nSPS) is 21.2. The Morgan fingerprint density at radius 1 is 1.25 bits per heavy atom. The van der Waals surface area contributed by atoms with Crippen LogP contribution in [0.3, 0.4) is 0 Å². The van der Waals surface area contributed by atoms with Crippen molar-refractivity contribution in [2.75, 3.05) is 0 Å². The summed E-state index contributed by atoms with van der Waals surface area (Å²) in [6.45, 7) is 6.49. The minimum absolute atomic E-state index is 0.323. The van der Waals surface area contributed by atoms with Gasteiger partial charge in [-0.15, -0.1) is 0 Å². The minimum Gasteiger partial charge on any atom is -0.465 e. The lowest BCUT2D eigenvalue weighted by Crippen LogP contribution is -2.34. The minimum atomic E-state index is 0.323. The highest BCUT2D eigenvalue weighted by Gasteiger charge is 2.23. The van der Waals surface area contributed by atoms with Crippen LogP contribution in [-0.2, 0) is 0 Å². The molecule has 1 heterocycles. The van der Waals surface area contributed by atoms with Gasteiger partial charge in [0.05, 0.1) is 6.04 Å². The van der Waals surface area contributed by atoms with E-state index in [2.05, 4.69) is 25.2 Å². The molecule has 16 heavy (non-hydrogen) atoms. The van der Waals surface area contributed by atoms with Crippen LogP contribution in [0, 0.1) is 12.8 Å². The summed E-state index contributed by atoms with van der Waals surface area (Å²) in [6.07, 6.45) is 5.59. The van der Waals surface area contributed by atoms with E-state index < -0.39 is 0 Å². The third-order valence-corrected chi connectivity index (χ3v) is 3.81.